The molecular weight excluding hydrogens is 172 g/mol. The Morgan fingerprint density at radius 3 is 2.46 bits per heavy atom. The van der Waals surface area contributed by atoms with Crippen molar-refractivity contribution in [3.63, 3.8) is 0 Å². The minimum absolute atomic E-state index is 0.179. The summed E-state index contributed by atoms with van der Waals surface area (Å²) in [6.07, 6.45) is 0.350. The van der Waals surface area contributed by atoms with E-state index in [0.29, 0.717) is 6.42 Å². The summed E-state index contributed by atoms with van der Waals surface area (Å²) in [6.45, 7) is 5.69. The van der Waals surface area contributed by atoms with Gasteiger partial charge in [0.2, 0.25) is 0 Å². The summed E-state index contributed by atoms with van der Waals surface area (Å²) in [6, 6.07) is 0. The summed E-state index contributed by atoms with van der Waals surface area (Å²) >= 11 is 0. The maximum atomic E-state index is 11.2. The number of esters is 1. The van der Waals surface area contributed by atoms with Gasteiger partial charge >= 0.3 is 5.97 Å². The van der Waals surface area contributed by atoms with E-state index in [1.165, 1.54) is 0 Å². The van der Waals surface area contributed by atoms with Crippen molar-refractivity contribution >= 4 is 12.4 Å². The third-order valence-electron chi connectivity index (χ3n) is 1.39. The highest BCUT2D eigenvalue weighted by molar-refractivity contribution is 5.75. The smallest absolute Gasteiger partial charge is 0.347 e. The molecule has 0 saturated heterocycles. The molecule has 0 bridgehead atoms. The summed E-state index contributed by atoms with van der Waals surface area (Å²) in [4.78, 5) is 21.3. The molecule has 1 unspecified atom stereocenters. The lowest BCUT2D eigenvalue weighted by molar-refractivity contribution is -0.165. The zero-order valence-electron chi connectivity index (χ0n) is 8.28. The van der Waals surface area contributed by atoms with Crippen LogP contribution in [-0.2, 0) is 19.1 Å². The van der Waals surface area contributed by atoms with E-state index >= 15 is 0 Å². The van der Waals surface area contributed by atoms with Crippen molar-refractivity contribution < 1.29 is 19.1 Å². The third-order valence-corrected chi connectivity index (χ3v) is 1.39. The molecule has 4 nitrogen and oxygen atoms in total. The van der Waals surface area contributed by atoms with E-state index < -0.39 is 12.1 Å². The van der Waals surface area contributed by atoms with Crippen LogP contribution in [0.4, 0.5) is 0 Å². The average Bonchev–Trinajstić information content (AvgIpc) is 2.02. The minimum atomic E-state index is -0.745. The fraction of sp³-hybridized carbons (Fsp3) is 0.778. The lowest BCUT2D eigenvalue weighted by atomic mass is 10.2. The van der Waals surface area contributed by atoms with E-state index in [2.05, 4.69) is 4.74 Å². The van der Waals surface area contributed by atoms with Gasteiger partial charge in [-0.2, -0.15) is 0 Å². The molecule has 0 amide bonds. The molecule has 0 aromatic carbocycles. The molecule has 0 spiro atoms. The monoisotopic (exact) mass is 188 g/mol. The largest absolute Gasteiger partial charge is 0.460 e. The zero-order chi connectivity index (χ0) is 10.3. The highest BCUT2D eigenvalue weighted by Crippen LogP contribution is 2.05. The number of carbonyl (C=O) groups excluding carboxylic acids is 2. The van der Waals surface area contributed by atoms with Crippen molar-refractivity contribution in [2.24, 2.45) is 0 Å². The van der Waals surface area contributed by atoms with Gasteiger partial charge in [-0.3, -0.25) is 4.79 Å². The molecule has 1 atom stereocenters. The molecule has 76 valence electrons. The van der Waals surface area contributed by atoms with Crippen LogP contribution in [0.5, 0.6) is 0 Å². The van der Waals surface area contributed by atoms with Gasteiger partial charge < -0.3 is 9.47 Å². The van der Waals surface area contributed by atoms with E-state index in [9.17, 15) is 9.59 Å². The summed E-state index contributed by atoms with van der Waals surface area (Å²) in [5.74, 6) is -0.469. The van der Waals surface area contributed by atoms with Gasteiger partial charge in [-0.05, 0) is 20.3 Å². The van der Waals surface area contributed by atoms with Crippen LogP contribution in [0.2, 0.25) is 0 Å². The quantitative estimate of drug-likeness (QED) is 0.465. The van der Waals surface area contributed by atoms with Gasteiger partial charge in [0.25, 0.3) is 6.47 Å². The van der Waals surface area contributed by atoms with Gasteiger partial charge in [-0.25, -0.2) is 4.79 Å². The van der Waals surface area contributed by atoms with Crippen molar-refractivity contribution in [1.29, 1.82) is 0 Å². The number of hydrogen-bond acceptors (Lipinski definition) is 4. The van der Waals surface area contributed by atoms with E-state index in [0.717, 1.165) is 6.42 Å². The number of carbonyl (C=O) groups is 2. The van der Waals surface area contributed by atoms with Crippen molar-refractivity contribution in [1.82, 2.24) is 0 Å². The Hall–Kier alpha value is -1.06. The second kappa shape index (κ2) is 6.46. The lowest BCUT2D eigenvalue weighted by Gasteiger charge is -2.15. The Balaban J connectivity index is 4.02. The maximum absolute atomic E-state index is 11.2. The Kier molecular flexibility index (Phi) is 5.93. The molecule has 0 aromatic heterocycles. The SMILES string of the molecule is CCCC(OC=O)C(=O)OC(C)C. The van der Waals surface area contributed by atoms with Crippen LogP contribution < -0.4 is 0 Å². The first-order valence-corrected chi connectivity index (χ1v) is 4.41. The van der Waals surface area contributed by atoms with Crippen molar-refractivity contribution in [3.05, 3.63) is 0 Å². The molecule has 0 fully saturated rings. The summed E-state index contributed by atoms with van der Waals surface area (Å²) in [5, 5.41) is 0. The molecule has 0 N–H and O–H groups in total. The standard InChI is InChI=1S/C9H16O4/c1-4-5-8(12-6-10)9(11)13-7(2)3/h6-8H,4-5H2,1-3H3. The van der Waals surface area contributed by atoms with Gasteiger partial charge in [-0.15, -0.1) is 0 Å². The van der Waals surface area contributed by atoms with Crippen LogP contribution in [-0.4, -0.2) is 24.6 Å². The molecule has 4 heteroatoms. The van der Waals surface area contributed by atoms with E-state index in [4.69, 9.17) is 4.74 Å². The molecule has 0 heterocycles. The average molecular weight is 188 g/mol. The van der Waals surface area contributed by atoms with E-state index in [-0.39, 0.29) is 12.6 Å². The maximum Gasteiger partial charge on any atom is 0.347 e. The molecule has 0 saturated carbocycles. The molecular formula is C9H16O4. The highest BCUT2D eigenvalue weighted by Gasteiger charge is 2.20. The normalized spacial score (nSPS) is 12.3. The van der Waals surface area contributed by atoms with Crippen LogP contribution in [0.3, 0.4) is 0 Å². The number of hydrogen-bond donors (Lipinski definition) is 0. The van der Waals surface area contributed by atoms with Crippen molar-refractivity contribution in [2.75, 3.05) is 0 Å². The third kappa shape index (κ3) is 5.22. The molecule has 13 heavy (non-hydrogen) atoms. The van der Waals surface area contributed by atoms with Gasteiger partial charge in [-0.1, -0.05) is 13.3 Å². The molecule has 0 rings (SSSR count). The van der Waals surface area contributed by atoms with Gasteiger partial charge in [0.1, 0.15) is 0 Å². The first kappa shape index (κ1) is 11.9. The summed E-state index contributed by atoms with van der Waals surface area (Å²) < 4.78 is 9.48. The predicted octanol–water partition coefficient (Wildman–Crippen LogP) is 1.28. The Bertz CT molecular complexity index is 165. The number of rotatable bonds is 6. The molecule has 0 radical (unpaired) electrons. The fourth-order valence-electron chi connectivity index (χ4n) is 0.879. The van der Waals surface area contributed by atoms with Gasteiger partial charge in [0, 0.05) is 0 Å². The molecule has 0 aliphatic heterocycles. The van der Waals surface area contributed by atoms with Crippen LogP contribution in [0.15, 0.2) is 0 Å². The van der Waals surface area contributed by atoms with Crippen LogP contribution >= 0.6 is 0 Å². The second-order valence-corrected chi connectivity index (χ2v) is 3.00. The molecule has 0 aromatic rings. The number of ether oxygens (including phenoxy) is 2. The van der Waals surface area contributed by atoms with Gasteiger partial charge in [0.15, 0.2) is 6.10 Å². The van der Waals surface area contributed by atoms with Gasteiger partial charge in [0.05, 0.1) is 6.10 Å². The molecule has 0 aliphatic carbocycles. The highest BCUT2D eigenvalue weighted by atomic mass is 16.6. The topological polar surface area (TPSA) is 52.6 Å². The first-order chi connectivity index (χ1) is 6.11. The zero-order valence-corrected chi connectivity index (χ0v) is 8.28. The van der Waals surface area contributed by atoms with E-state index in [1.807, 2.05) is 6.92 Å². The summed E-state index contributed by atoms with van der Waals surface area (Å²) in [7, 11) is 0. The van der Waals surface area contributed by atoms with Crippen molar-refractivity contribution in [2.45, 2.75) is 45.8 Å². The van der Waals surface area contributed by atoms with Crippen LogP contribution in [0, 0.1) is 0 Å². The Labute approximate surface area is 78.2 Å². The predicted molar refractivity (Wildman–Crippen MR) is 47.1 cm³/mol. The Morgan fingerprint density at radius 1 is 1.46 bits per heavy atom. The van der Waals surface area contributed by atoms with Crippen molar-refractivity contribution in [3.8, 4) is 0 Å². The van der Waals surface area contributed by atoms with Crippen LogP contribution in [0.1, 0.15) is 33.6 Å². The molecule has 0 aliphatic rings. The Morgan fingerprint density at radius 2 is 2.08 bits per heavy atom. The fourth-order valence-corrected chi connectivity index (χ4v) is 0.879. The first-order valence-electron chi connectivity index (χ1n) is 4.41. The summed E-state index contributed by atoms with van der Waals surface area (Å²) in [5.41, 5.74) is 0. The van der Waals surface area contributed by atoms with E-state index in [1.54, 1.807) is 13.8 Å². The second-order valence-electron chi connectivity index (χ2n) is 3.00. The van der Waals surface area contributed by atoms with Crippen LogP contribution in [0.25, 0.3) is 0 Å². The minimum Gasteiger partial charge on any atom is -0.460 e. The lowest BCUT2D eigenvalue weighted by Crippen LogP contribution is -2.28.